The highest BCUT2D eigenvalue weighted by molar-refractivity contribution is 5.39. The molecule has 0 heterocycles. The van der Waals surface area contributed by atoms with Crippen LogP contribution in [0, 0.1) is 0 Å². The summed E-state index contributed by atoms with van der Waals surface area (Å²) in [5, 5.41) is 2.85. The van der Waals surface area contributed by atoms with E-state index in [2.05, 4.69) is 37.3 Å². The van der Waals surface area contributed by atoms with Gasteiger partial charge in [-0.05, 0) is 35.3 Å². The summed E-state index contributed by atoms with van der Waals surface area (Å²) in [6.45, 7) is 2.20. The molecule has 0 bridgehead atoms. The first-order chi connectivity index (χ1) is 5.90. The number of fused-ring (bicyclic) bond motifs is 1. The standard InChI is InChI=1S/C12H14/c1-2-10-7-8-11-5-3-4-6-12(11)9-10/h5-9H,2-4H2,1H3. The summed E-state index contributed by atoms with van der Waals surface area (Å²) in [5.41, 5.74) is 1.44. The summed E-state index contributed by atoms with van der Waals surface area (Å²) in [4.78, 5) is 0. The normalized spacial score (nSPS) is 14.4. The van der Waals surface area contributed by atoms with Crippen LogP contribution in [0.5, 0.6) is 0 Å². The lowest BCUT2D eigenvalue weighted by Crippen LogP contribution is -2.26. The second kappa shape index (κ2) is 3.14. The van der Waals surface area contributed by atoms with Gasteiger partial charge in [0.1, 0.15) is 0 Å². The first-order valence-corrected chi connectivity index (χ1v) is 4.69. The van der Waals surface area contributed by atoms with Crippen LogP contribution in [0.2, 0.25) is 0 Å². The molecule has 0 spiro atoms. The average molecular weight is 158 g/mol. The van der Waals surface area contributed by atoms with Crippen molar-refractivity contribution in [2.75, 3.05) is 0 Å². The van der Waals surface area contributed by atoms with Crippen LogP contribution < -0.4 is 10.4 Å². The number of benzene rings is 1. The molecular weight excluding hydrogens is 144 g/mol. The van der Waals surface area contributed by atoms with Crippen LogP contribution in [-0.2, 0) is 6.42 Å². The molecule has 1 aromatic carbocycles. The fourth-order valence-corrected chi connectivity index (χ4v) is 1.68. The molecule has 12 heavy (non-hydrogen) atoms. The Morgan fingerprint density at radius 2 is 1.83 bits per heavy atom. The number of hydrogen-bond donors (Lipinski definition) is 0. The van der Waals surface area contributed by atoms with Gasteiger partial charge < -0.3 is 0 Å². The van der Waals surface area contributed by atoms with Crippen LogP contribution in [0.3, 0.4) is 0 Å². The fraction of sp³-hybridized carbons (Fsp3) is 0.333. The van der Waals surface area contributed by atoms with E-state index in [9.17, 15) is 0 Å². The van der Waals surface area contributed by atoms with Gasteiger partial charge >= 0.3 is 0 Å². The van der Waals surface area contributed by atoms with E-state index in [0.29, 0.717) is 0 Å². The topological polar surface area (TPSA) is 0 Å². The van der Waals surface area contributed by atoms with E-state index in [-0.39, 0.29) is 0 Å². The van der Waals surface area contributed by atoms with Crippen molar-refractivity contribution in [2.45, 2.75) is 26.2 Å². The van der Waals surface area contributed by atoms with Crippen molar-refractivity contribution >= 4 is 12.2 Å². The van der Waals surface area contributed by atoms with Crippen molar-refractivity contribution in [1.29, 1.82) is 0 Å². The van der Waals surface area contributed by atoms with Gasteiger partial charge in [-0.1, -0.05) is 37.3 Å². The van der Waals surface area contributed by atoms with Gasteiger partial charge in [0.05, 0.1) is 0 Å². The Morgan fingerprint density at radius 3 is 2.58 bits per heavy atom. The molecule has 0 atom stereocenters. The van der Waals surface area contributed by atoms with Crippen molar-refractivity contribution in [3.05, 3.63) is 34.2 Å². The predicted molar refractivity (Wildman–Crippen MR) is 53.2 cm³/mol. The smallest absolute Gasteiger partial charge is 0.0224 e. The lowest BCUT2D eigenvalue weighted by Gasteiger charge is -2.01. The van der Waals surface area contributed by atoms with Gasteiger partial charge in [0, 0.05) is 0 Å². The van der Waals surface area contributed by atoms with Gasteiger partial charge in [0.25, 0.3) is 0 Å². The Labute approximate surface area is 73.2 Å². The van der Waals surface area contributed by atoms with Crippen molar-refractivity contribution in [3.63, 3.8) is 0 Å². The molecule has 0 aliphatic heterocycles. The van der Waals surface area contributed by atoms with Crippen LogP contribution in [0.4, 0.5) is 0 Å². The highest BCUT2D eigenvalue weighted by Gasteiger charge is 1.93. The molecule has 0 saturated carbocycles. The molecule has 0 unspecified atom stereocenters. The number of rotatable bonds is 1. The Balaban J connectivity index is 2.65. The molecule has 0 aromatic heterocycles. The lowest BCUT2D eigenvalue weighted by atomic mass is 10.0. The van der Waals surface area contributed by atoms with Crippen LogP contribution in [0.25, 0.3) is 12.2 Å². The summed E-state index contributed by atoms with van der Waals surface area (Å²) in [6.07, 6.45) is 8.23. The first kappa shape index (κ1) is 7.60. The van der Waals surface area contributed by atoms with Crippen LogP contribution >= 0.6 is 0 Å². The van der Waals surface area contributed by atoms with Gasteiger partial charge in [-0.3, -0.25) is 0 Å². The van der Waals surface area contributed by atoms with Gasteiger partial charge in [-0.2, -0.15) is 0 Å². The average Bonchev–Trinajstić information content (AvgIpc) is 2.17. The first-order valence-electron chi connectivity index (χ1n) is 4.69. The number of aryl methyl sites for hydroxylation is 1. The zero-order chi connectivity index (χ0) is 8.39. The second-order valence-corrected chi connectivity index (χ2v) is 3.30. The summed E-state index contributed by atoms with van der Waals surface area (Å²) in [5.74, 6) is 0. The third-order valence-corrected chi connectivity index (χ3v) is 2.45. The van der Waals surface area contributed by atoms with Gasteiger partial charge in [0.15, 0.2) is 0 Å². The molecule has 1 aliphatic carbocycles. The van der Waals surface area contributed by atoms with E-state index in [1.165, 1.54) is 28.8 Å². The number of hydrogen-bond acceptors (Lipinski definition) is 0. The molecule has 0 fully saturated rings. The Morgan fingerprint density at radius 1 is 1.08 bits per heavy atom. The SMILES string of the molecule is CCc1ccc2c(c1)=CCCC=2. The van der Waals surface area contributed by atoms with Crippen LogP contribution in [0.15, 0.2) is 18.2 Å². The molecule has 0 amide bonds. The maximum atomic E-state index is 2.34. The van der Waals surface area contributed by atoms with Crippen LogP contribution in [-0.4, -0.2) is 0 Å². The van der Waals surface area contributed by atoms with E-state index in [0.717, 1.165) is 6.42 Å². The monoisotopic (exact) mass is 158 g/mol. The minimum atomic E-state index is 1.14. The minimum absolute atomic E-state index is 1.14. The van der Waals surface area contributed by atoms with Gasteiger partial charge in [-0.25, -0.2) is 0 Å². The predicted octanol–water partition coefficient (Wildman–Crippen LogP) is 1.60. The molecular formula is C12H14. The summed E-state index contributed by atoms with van der Waals surface area (Å²) in [6, 6.07) is 6.78. The fourth-order valence-electron chi connectivity index (χ4n) is 1.68. The third-order valence-electron chi connectivity index (χ3n) is 2.45. The highest BCUT2D eigenvalue weighted by atomic mass is 14.0. The van der Waals surface area contributed by atoms with E-state index in [1.54, 1.807) is 0 Å². The zero-order valence-electron chi connectivity index (χ0n) is 7.51. The molecule has 0 heteroatoms. The Kier molecular flexibility index (Phi) is 1.99. The van der Waals surface area contributed by atoms with Crippen molar-refractivity contribution in [3.8, 4) is 0 Å². The summed E-state index contributed by atoms with van der Waals surface area (Å²) >= 11 is 0. The van der Waals surface area contributed by atoms with E-state index < -0.39 is 0 Å². The molecule has 2 rings (SSSR count). The quantitative estimate of drug-likeness (QED) is 0.582. The Bertz CT molecular complexity index is 385. The molecule has 0 N–H and O–H groups in total. The summed E-state index contributed by atoms with van der Waals surface area (Å²) in [7, 11) is 0. The third kappa shape index (κ3) is 1.29. The minimum Gasteiger partial charge on any atom is -0.0764 e. The van der Waals surface area contributed by atoms with E-state index in [4.69, 9.17) is 0 Å². The maximum absolute atomic E-state index is 2.34. The van der Waals surface area contributed by atoms with E-state index in [1.807, 2.05) is 0 Å². The largest absolute Gasteiger partial charge is 0.0764 e. The molecule has 62 valence electrons. The van der Waals surface area contributed by atoms with Gasteiger partial charge in [0.2, 0.25) is 0 Å². The van der Waals surface area contributed by atoms with Gasteiger partial charge in [-0.15, -0.1) is 0 Å². The van der Waals surface area contributed by atoms with Crippen molar-refractivity contribution in [2.24, 2.45) is 0 Å². The Hall–Kier alpha value is -1.04. The maximum Gasteiger partial charge on any atom is -0.0224 e. The van der Waals surface area contributed by atoms with Crippen molar-refractivity contribution < 1.29 is 0 Å². The molecule has 0 nitrogen and oxygen atoms in total. The van der Waals surface area contributed by atoms with Crippen molar-refractivity contribution in [1.82, 2.24) is 0 Å². The summed E-state index contributed by atoms with van der Waals surface area (Å²) < 4.78 is 0. The highest BCUT2D eigenvalue weighted by Crippen LogP contribution is 1.97. The van der Waals surface area contributed by atoms with Crippen LogP contribution in [0.1, 0.15) is 25.3 Å². The molecule has 1 aromatic rings. The second-order valence-electron chi connectivity index (χ2n) is 3.30. The molecule has 0 saturated heterocycles. The zero-order valence-corrected chi connectivity index (χ0v) is 7.51. The van der Waals surface area contributed by atoms with E-state index >= 15 is 0 Å². The molecule has 1 aliphatic rings. The molecule has 0 radical (unpaired) electrons. The lowest BCUT2D eigenvalue weighted by molar-refractivity contribution is 1.09.